The molecule has 0 unspecified atom stereocenters. The molecule has 0 spiro atoms. The number of carboxylic acid groups (broad SMARTS) is 1. The molecule has 2 rings (SSSR count). The maximum atomic E-state index is 11.1. The number of hydrogen-bond donors (Lipinski definition) is 2. The molecule has 1 aromatic rings. The van der Waals surface area contributed by atoms with Crippen molar-refractivity contribution in [2.75, 3.05) is 11.9 Å². The lowest BCUT2D eigenvalue weighted by Gasteiger charge is -2.14. The number of aromatic carboxylic acids is 1. The van der Waals surface area contributed by atoms with Gasteiger partial charge in [-0.3, -0.25) is 0 Å². The number of benzene rings is 1. The molecule has 1 aliphatic carbocycles. The van der Waals surface area contributed by atoms with Gasteiger partial charge in [0.15, 0.2) is 0 Å². The molecule has 3 heteroatoms. The van der Waals surface area contributed by atoms with E-state index in [-0.39, 0.29) is 0 Å². The fourth-order valence-electron chi connectivity index (χ4n) is 2.46. The van der Waals surface area contributed by atoms with Gasteiger partial charge >= 0.3 is 5.97 Å². The summed E-state index contributed by atoms with van der Waals surface area (Å²) in [7, 11) is 0. The van der Waals surface area contributed by atoms with E-state index >= 15 is 0 Å². The van der Waals surface area contributed by atoms with Gasteiger partial charge in [-0.15, -0.1) is 0 Å². The Kier molecular flexibility index (Phi) is 3.67. The first-order valence-electron chi connectivity index (χ1n) is 6.24. The highest BCUT2D eigenvalue weighted by molar-refractivity contribution is 5.94. The van der Waals surface area contributed by atoms with Gasteiger partial charge in [-0.25, -0.2) is 4.79 Å². The van der Waals surface area contributed by atoms with Crippen LogP contribution in [0, 0.1) is 12.8 Å². The van der Waals surface area contributed by atoms with Crippen LogP contribution in [0.5, 0.6) is 0 Å². The van der Waals surface area contributed by atoms with Gasteiger partial charge in [-0.1, -0.05) is 18.9 Å². The van der Waals surface area contributed by atoms with E-state index in [4.69, 9.17) is 5.11 Å². The number of rotatable bonds is 4. The Morgan fingerprint density at radius 1 is 1.41 bits per heavy atom. The zero-order valence-electron chi connectivity index (χ0n) is 10.2. The second-order valence-corrected chi connectivity index (χ2v) is 4.89. The monoisotopic (exact) mass is 233 g/mol. The number of hydrogen-bond acceptors (Lipinski definition) is 2. The van der Waals surface area contributed by atoms with Crippen molar-refractivity contribution in [2.24, 2.45) is 5.92 Å². The zero-order valence-corrected chi connectivity index (χ0v) is 10.2. The summed E-state index contributed by atoms with van der Waals surface area (Å²) in [4.78, 5) is 11.1. The van der Waals surface area contributed by atoms with Crippen LogP contribution in [0.25, 0.3) is 0 Å². The van der Waals surface area contributed by atoms with Crippen molar-refractivity contribution in [3.8, 4) is 0 Å². The van der Waals surface area contributed by atoms with E-state index < -0.39 is 5.97 Å². The van der Waals surface area contributed by atoms with Gasteiger partial charge < -0.3 is 10.4 Å². The smallest absolute Gasteiger partial charge is 0.337 e. The van der Waals surface area contributed by atoms with Crippen molar-refractivity contribution in [1.29, 1.82) is 0 Å². The third-order valence-corrected chi connectivity index (χ3v) is 3.46. The largest absolute Gasteiger partial charge is 0.478 e. The molecule has 92 valence electrons. The SMILES string of the molecule is Cc1ccc(C(=O)O)c(NCC2CCCC2)c1. The second kappa shape index (κ2) is 5.21. The summed E-state index contributed by atoms with van der Waals surface area (Å²) < 4.78 is 0. The van der Waals surface area contributed by atoms with Crippen LogP contribution in [0.15, 0.2) is 18.2 Å². The first-order chi connectivity index (χ1) is 8.16. The van der Waals surface area contributed by atoms with Gasteiger partial charge in [-0.2, -0.15) is 0 Å². The molecule has 3 nitrogen and oxygen atoms in total. The van der Waals surface area contributed by atoms with Crippen LogP contribution in [0.2, 0.25) is 0 Å². The molecule has 17 heavy (non-hydrogen) atoms. The lowest BCUT2D eigenvalue weighted by molar-refractivity contribution is 0.0698. The summed E-state index contributed by atoms with van der Waals surface area (Å²) >= 11 is 0. The van der Waals surface area contributed by atoms with E-state index in [1.54, 1.807) is 6.07 Å². The van der Waals surface area contributed by atoms with Crippen LogP contribution < -0.4 is 5.32 Å². The van der Waals surface area contributed by atoms with Gasteiger partial charge in [0.25, 0.3) is 0 Å². The molecule has 0 atom stereocenters. The highest BCUT2D eigenvalue weighted by Crippen LogP contribution is 2.26. The minimum Gasteiger partial charge on any atom is -0.478 e. The zero-order chi connectivity index (χ0) is 12.3. The number of carbonyl (C=O) groups is 1. The van der Waals surface area contributed by atoms with Gasteiger partial charge in [0.05, 0.1) is 5.56 Å². The van der Waals surface area contributed by atoms with E-state index in [1.165, 1.54) is 25.7 Å². The topological polar surface area (TPSA) is 49.3 Å². The lowest BCUT2D eigenvalue weighted by Crippen LogP contribution is -2.13. The third-order valence-electron chi connectivity index (χ3n) is 3.46. The Morgan fingerprint density at radius 2 is 2.12 bits per heavy atom. The van der Waals surface area contributed by atoms with Crippen molar-refractivity contribution >= 4 is 11.7 Å². The molecule has 0 saturated heterocycles. The fourth-order valence-corrected chi connectivity index (χ4v) is 2.46. The van der Waals surface area contributed by atoms with Crippen LogP contribution in [0.3, 0.4) is 0 Å². The molecule has 0 aliphatic heterocycles. The number of anilines is 1. The molecule has 0 amide bonds. The maximum absolute atomic E-state index is 11.1. The summed E-state index contributed by atoms with van der Waals surface area (Å²) in [5.74, 6) is -0.156. The highest BCUT2D eigenvalue weighted by Gasteiger charge is 2.16. The van der Waals surface area contributed by atoms with E-state index in [9.17, 15) is 4.79 Å². The van der Waals surface area contributed by atoms with Crippen LogP contribution in [0.1, 0.15) is 41.6 Å². The van der Waals surface area contributed by atoms with Crippen LogP contribution >= 0.6 is 0 Å². The highest BCUT2D eigenvalue weighted by atomic mass is 16.4. The Balaban J connectivity index is 2.07. The number of carboxylic acids is 1. The van der Waals surface area contributed by atoms with E-state index in [2.05, 4.69) is 5.32 Å². The summed E-state index contributed by atoms with van der Waals surface area (Å²) in [6.07, 6.45) is 5.15. The Morgan fingerprint density at radius 3 is 2.76 bits per heavy atom. The first-order valence-corrected chi connectivity index (χ1v) is 6.24. The molecule has 1 fully saturated rings. The Bertz CT molecular complexity index is 409. The third kappa shape index (κ3) is 2.99. The van der Waals surface area contributed by atoms with Gasteiger partial charge in [-0.05, 0) is 43.4 Å². The normalized spacial score (nSPS) is 16.1. The van der Waals surface area contributed by atoms with Crippen LogP contribution in [0.4, 0.5) is 5.69 Å². The fraction of sp³-hybridized carbons (Fsp3) is 0.500. The quantitative estimate of drug-likeness (QED) is 0.839. The van der Waals surface area contributed by atoms with E-state index in [0.717, 1.165) is 17.8 Å². The summed E-state index contributed by atoms with van der Waals surface area (Å²) in [5, 5.41) is 12.4. The van der Waals surface area contributed by atoms with Crippen molar-refractivity contribution in [3.05, 3.63) is 29.3 Å². The molecule has 1 aromatic carbocycles. The molecular formula is C14H19NO2. The van der Waals surface area contributed by atoms with Gasteiger partial charge in [0, 0.05) is 12.2 Å². The molecule has 2 N–H and O–H groups in total. The van der Waals surface area contributed by atoms with Gasteiger partial charge in [0.2, 0.25) is 0 Å². The molecule has 0 aromatic heterocycles. The molecular weight excluding hydrogens is 214 g/mol. The van der Waals surface area contributed by atoms with Crippen LogP contribution in [-0.2, 0) is 0 Å². The molecule has 0 heterocycles. The molecule has 1 aliphatic rings. The molecule has 1 saturated carbocycles. The summed E-state index contributed by atoms with van der Waals surface area (Å²) in [5.41, 5.74) is 2.21. The lowest BCUT2D eigenvalue weighted by atomic mass is 10.1. The summed E-state index contributed by atoms with van der Waals surface area (Å²) in [6, 6.07) is 5.43. The van der Waals surface area contributed by atoms with Crippen LogP contribution in [-0.4, -0.2) is 17.6 Å². The minimum absolute atomic E-state index is 0.369. The van der Waals surface area contributed by atoms with Crippen molar-refractivity contribution < 1.29 is 9.90 Å². The van der Waals surface area contributed by atoms with Crippen molar-refractivity contribution in [1.82, 2.24) is 0 Å². The summed E-state index contributed by atoms with van der Waals surface area (Å²) in [6.45, 7) is 2.87. The van der Waals surface area contributed by atoms with E-state index in [1.807, 2.05) is 19.1 Å². The first kappa shape index (κ1) is 12.0. The molecule has 0 radical (unpaired) electrons. The average molecular weight is 233 g/mol. The maximum Gasteiger partial charge on any atom is 0.337 e. The standard InChI is InChI=1S/C14H19NO2/c1-10-6-7-12(14(16)17)13(8-10)15-9-11-4-2-3-5-11/h6-8,11,15H,2-5,9H2,1H3,(H,16,17). The average Bonchev–Trinajstić information content (AvgIpc) is 2.78. The Hall–Kier alpha value is -1.51. The van der Waals surface area contributed by atoms with Gasteiger partial charge in [0.1, 0.15) is 0 Å². The predicted octanol–water partition coefficient (Wildman–Crippen LogP) is 3.30. The predicted molar refractivity (Wildman–Crippen MR) is 68.6 cm³/mol. The molecule has 0 bridgehead atoms. The van der Waals surface area contributed by atoms with E-state index in [0.29, 0.717) is 11.5 Å². The van der Waals surface area contributed by atoms with Crippen molar-refractivity contribution in [3.63, 3.8) is 0 Å². The second-order valence-electron chi connectivity index (χ2n) is 4.89. The number of nitrogens with one attached hydrogen (secondary N) is 1. The Labute approximate surface area is 102 Å². The number of aryl methyl sites for hydroxylation is 1. The van der Waals surface area contributed by atoms with Crippen molar-refractivity contribution in [2.45, 2.75) is 32.6 Å². The minimum atomic E-state index is -0.862.